The number of rotatable bonds is 8. The maximum atomic E-state index is 11.8. The van der Waals surface area contributed by atoms with Gasteiger partial charge in [-0.2, -0.15) is 0 Å². The Morgan fingerprint density at radius 2 is 1.68 bits per heavy atom. The van der Waals surface area contributed by atoms with Crippen LogP contribution in [0.3, 0.4) is 0 Å². The van der Waals surface area contributed by atoms with Gasteiger partial charge in [0, 0.05) is 44.3 Å². The number of carbonyl (C=O) groups excluding carboxylic acids is 1. The standard InChI is InChI=1S/C22H27ClN2O3/c1-27-22(26)20-5-2-3-6-21(20)28-16-4-11-24-12-14-25(15-13-24)17-18-7-9-19(23)10-8-18/h2-3,5-10H,4,11-17H2,1H3. The van der Waals surface area contributed by atoms with E-state index in [1.54, 1.807) is 6.07 Å². The van der Waals surface area contributed by atoms with E-state index in [2.05, 4.69) is 21.9 Å². The molecule has 1 aliphatic heterocycles. The molecular weight excluding hydrogens is 376 g/mol. The van der Waals surface area contributed by atoms with Crippen LogP contribution in [0.4, 0.5) is 0 Å². The van der Waals surface area contributed by atoms with Crippen LogP contribution in [-0.4, -0.2) is 62.2 Å². The molecule has 0 aliphatic carbocycles. The Bertz CT molecular complexity index is 759. The summed E-state index contributed by atoms with van der Waals surface area (Å²) in [5.41, 5.74) is 1.77. The molecule has 1 fully saturated rings. The van der Waals surface area contributed by atoms with E-state index in [4.69, 9.17) is 21.1 Å². The molecular formula is C22H27ClN2O3. The van der Waals surface area contributed by atoms with Gasteiger partial charge in [-0.1, -0.05) is 35.9 Å². The monoisotopic (exact) mass is 402 g/mol. The van der Waals surface area contributed by atoms with E-state index in [9.17, 15) is 4.79 Å². The highest BCUT2D eigenvalue weighted by atomic mass is 35.5. The Morgan fingerprint density at radius 1 is 1.00 bits per heavy atom. The molecule has 0 radical (unpaired) electrons. The number of para-hydroxylation sites is 1. The molecule has 0 bridgehead atoms. The van der Waals surface area contributed by atoms with Gasteiger partial charge in [-0.25, -0.2) is 4.79 Å². The quantitative estimate of drug-likeness (QED) is 0.497. The fourth-order valence-electron chi connectivity index (χ4n) is 3.36. The Hall–Kier alpha value is -2.08. The van der Waals surface area contributed by atoms with Gasteiger partial charge >= 0.3 is 5.97 Å². The Kier molecular flexibility index (Phi) is 7.71. The van der Waals surface area contributed by atoms with Gasteiger partial charge in [0.1, 0.15) is 11.3 Å². The number of hydrogen-bond acceptors (Lipinski definition) is 5. The van der Waals surface area contributed by atoms with Crippen LogP contribution in [0, 0.1) is 0 Å². The summed E-state index contributed by atoms with van der Waals surface area (Å²) in [6, 6.07) is 15.3. The third kappa shape index (κ3) is 5.96. The van der Waals surface area contributed by atoms with E-state index < -0.39 is 0 Å². The lowest BCUT2D eigenvalue weighted by Crippen LogP contribution is -2.46. The Labute approximate surface area is 171 Å². The summed E-state index contributed by atoms with van der Waals surface area (Å²) in [6.45, 7) is 6.80. The molecule has 5 nitrogen and oxygen atoms in total. The van der Waals surface area contributed by atoms with Crippen molar-refractivity contribution in [3.63, 3.8) is 0 Å². The summed E-state index contributed by atoms with van der Waals surface area (Å²) < 4.78 is 10.6. The second-order valence-electron chi connectivity index (χ2n) is 6.93. The predicted octanol–water partition coefficient (Wildman–Crippen LogP) is 3.71. The minimum atomic E-state index is -0.368. The van der Waals surface area contributed by atoms with Crippen molar-refractivity contribution in [1.82, 2.24) is 9.80 Å². The largest absolute Gasteiger partial charge is 0.493 e. The summed E-state index contributed by atoms with van der Waals surface area (Å²) in [4.78, 5) is 16.7. The summed E-state index contributed by atoms with van der Waals surface area (Å²) in [6.07, 6.45) is 0.923. The average Bonchev–Trinajstić information content (AvgIpc) is 2.74. The molecule has 0 saturated carbocycles. The van der Waals surface area contributed by atoms with Gasteiger partial charge in [-0.3, -0.25) is 4.90 Å². The summed E-state index contributed by atoms with van der Waals surface area (Å²) >= 11 is 5.95. The summed E-state index contributed by atoms with van der Waals surface area (Å²) in [7, 11) is 1.38. The first-order chi connectivity index (χ1) is 13.7. The van der Waals surface area contributed by atoms with Gasteiger partial charge in [0.15, 0.2) is 0 Å². The first kappa shape index (κ1) is 20.6. The minimum Gasteiger partial charge on any atom is -0.493 e. The van der Waals surface area contributed by atoms with Crippen LogP contribution in [0.15, 0.2) is 48.5 Å². The highest BCUT2D eigenvalue weighted by molar-refractivity contribution is 6.30. The van der Waals surface area contributed by atoms with Crippen LogP contribution in [0.2, 0.25) is 5.02 Å². The molecule has 0 N–H and O–H groups in total. The fraction of sp³-hybridized carbons (Fsp3) is 0.409. The first-order valence-corrected chi connectivity index (χ1v) is 10.0. The number of esters is 1. The van der Waals surface area contributed by atoms with Crippen molar-refractivity contribution in [1.29, 1.82) is 0 Å². The number of carbonyl (C=O) groups is 1. The van der Waals surface area contributed by atoms with Gasteiger partial charge in [0.05, 0.1) is 13.7 Å². The normalized spacial score (nSPS) is 15.4. The molecule has 0 spiro atoms. The van der Waals surface area contributed by atoms with E-state index in [-0.39, 0.29) is 5.97 Å². The molecule has 1 heterocycles. The zero-order chi connectivity index (χ0) is 19.8. The molecule has 0 amide bonds. The zero-order valence-corrected chi connectivity index (χ0v) is 17.0. The smallest absolute Gasteiger partial charge is 0.341 e. The number of halogens is 1. The predicted molar refractivity (Wildman–Crippen MR) is 111 cm³/mol. The van der Waals surface area contributed by atoms with Crippen LogP contribution in [0.25, 0.3) is 0 Å². The van der Waals surface area contributed by atoms with E-state index in [0.717, 1.165) is 50.7 Å². The van der Waals surface area contributed by atoms with E-state index >= 15 is 0 Å². The molecule has 6 heteroatoms. The van der Waals surface area contributed by atoms with Gasteiger partial charge in [0.2, 0.25) is 0 Å². The van der Waals surface area contributed by atoms with Crippen LogP contribution in [-0.2, 0) is 11.3 Å². The number of ether oxygens (including phenoxy) is 2. The maximum absolute atomic E-state index is 11.8. The number of nitrogens with zero attached hydrogens (tertiary/aromatic N) is 2. The average molecular weight is 403 g/mol. The van der Waals surface area contributed by atoms with Crippen molar-refractivity contribution < 1.29 is 14.3 Å². The van der Waals surface area contributed by atoms with E-state index in [1.807, 2.05) is 30.3 Å². The molecule has 2 aromatic rings. The Morgan fingerprint density at radius 3 is 2.39 bits per heavy atom. The molecule has 0 unspecified atom stereocenters. The lowest BCUT2D eigenvalue weighted by Gasteiger charge is -2.34. The van der Waals surface area contributed by atoms with Gasteiger partial charge in [0.25, 0.3) is 0 Å². The zero-order valence-electron chi connectivity index (χ0n) is 16.3. The molecule has 3 rings (SSSR count). The van der Waals surface area contributed by atoms with Crippen molar-refractivity contribution in [3.05, 3.63) is 64.7 Å². The topological polar surface area (TPSA) is 42.0 Å². The van der Waals surface area contributed by atoms with Crippen molar-refractivity contribution in [2.24, 2.45) is 0 Å². The number of hydrogen-bond donors (Lipinski definition) is 0. The summed E-state index contributed by atoms with van der Waals surface area (Å²) in [5, 5.41) is 0.782. The fourth-order valence-corrected chi connectivity index (χ4v) is 3.49. The number of methoxy groups -OCH3 is 1. The SMILES string of the molecule is COC(=O)c1ccccc1OCCCN1CCN(Cc2ccc(Cl)cc2)CC1. The first-order valence-electron chi connectivity index (χ1n) is 9.65. The van der Waals surface area contributed by atoms with E-state index in [1.165, 1.54) is 12.7 Å². The summed E-state index contributed by atoms with van der Waals surface area (Å²) in [5.74, 6) is 0.217. The van der Waals surface area contributed by atoms with Gasteiger partial charge < -0.3 is 14.4 Å². The third-order valence-electron chi connectivity index (χ3n) is 4.95. The van der Waals surface area contributed by atoms with Gasteiger partial charge in [-0.15, -0.1) is 0 Å². The van der Waals surface area contributed by atoms with Crippen LogP contribution < -0.4 is 4.74 Å². The molecule has 2 aromatic carbocycles. The molecule has 28 heavy (non-hydrogen) atoms. The highest BCUT2D eigenvalue weighted by Crippen LogP contribution is 2.19. The second-order valence-corrected chi connectivity index (χ2v) is 7.37. The highest BCUT2D eigenvalue weighted by Gasteiger charge is 2.17. The van der Waals surface area contributed by atoms with Crippen LogP contribution >= 0.6 is 11.6 Å². The molecule has 150 valence electrons. The van der Waals surface area contributed by atoms with Crippen LogP contribution in [0.5, 0.6) is 5.75 Å². The molecule has 0 atom stereocenters. The van der Waals surface area contributed by atoms with Crippen molar-refractivity contribution in [2.45, 2.75) is 13.0 Å². The minimum absolute atomic E-state index is 0.368. The van der Waals surface area contributed by atoms with Crippen LogP contribution in [0.1, 0.15) is 22.3 Å². The Balaban J connectivity index is 1.36. The van der Waals surface area contributed by atoms with E-state index in [0.29, 0.717) is 17.9 Å². The molecule has 1 aliphatic rings. The van der Waals surface area contributed by atoms with Crippen molar-refractivity contribution in [2.75, 3.05) is 46.4 Å². The van der Waals surface area contributed by atoms with Crippen molar-refractivity contribution in [3.8, 4) is 5.75 Å². The lowest BCUT2D eigenvalue weighted by atomic mass is 10.2. The molecule has 0 aromatic heterocycles. The lowest BCUT2D eigenvalue weighted by molar-refractivity contribution is 0.0595. The number of piperazine rings is 1. The number of benzene rings is 2. The maximum Gasteiger partial charge on any atom is 0.341 e. The third-order valence-corrected chi connectivity index (χ3v) is 5.20. The second kappa shape index (κ2) is 10.5. The van der Waals surface area contributed by atoms with Gasteiger partial charge in [-0.05, 0) is 36.2 Å². The molecule has 1 saturated heterocycles. The van der Waals surface area contributed by atoms with Crippen molar-refractivity contribution >= 4 is 17.6 Å².